The molecule has 19 heavy (non-hydrogen) atoms. The molecule has 0 aliphatic carbocycles. The number of rotatable bonds is 9. The third-order valence-corrected chi connectivity index (χ3v) is 3.31. The fourth-order valence-corrected chi connectivity index (χ4v) is 2.03. The molecule has 0 saturated heterocycles. The summed E-state index contributed by atoms with van der Waals surface area (Å²) in [6.07, 6.45) is 8.24. The summed E-state index contributed by atoms with van der Waals surface area (Å²) in [5, 5.41) is 12.2. The molecule has 106 valence electrons. The number of unbranched alkanes of at least 4 members (excludes halogenated alkanes) is 1. The molecule has 1 aromatic heterocycles. The maximum absolute atomic E-state index is 11.1. The minimum Gasteiger partial charge on any atom is -0.480 e. The Kier molecular flexibility index (Phi) is 7.11. The van der Waals surface area contributed by atoms with Gasteiger partial charge in [0.25, 0.3) is 0 Å². The van der Waals surface area contributed by atoms with Crippen molar-refractivity contribution in [3.63, 3.8) is 0 Å². The first-order chi connectivity index (χ1) is 9.15. The molecule has 4 heteroatoms. The van der Waals surface area contributed by atoms with Gasteiger partial charge in [-0.25, -0.2) is 0 Å². The molecule has 0 amide bonds. The summed E-state index contributed by atoms with van der Waals surface area (Å²) in [5.41, 5.74) is 2.49. The molecular weight excluding hydrogens is 240 g/mol. The van der Waals surface area contributed by atoms with Crippen LogP contribution in [0, 0.1) is 6.92 Å². The van der Waals surface area contributed by atoms with E-state index in [0.29, 0.717) is 6.42 Å². The number of carbonyl (C=O) groups is 1. The highest BCUT2D eigenvalue weighted by atomic mass is 16.4. The zero-order valence-electron chi connectivity index (χ0n) is 11.9. The van der Waals surface area contributed by atoms with Crippen LogP contribution >= 0.6 is 0 Å². The number of hydrogen-bond acceptors (Lipinski definition) is 3. The second kappa shape index (κ2) is 8.64. The molecule has 1 rings (SSSR count). The van der Waals surface area contributed by atoms with Crippen molar-refractivity contribution in [2.24, 2.45) is 0 Å². The normalized spacial score (nSPS) is 12.3. The smallest absolute Gasteiger partial charge is 0.320 e. The summed E-state index contributed by atoms with van der Waals surface area (Å²) in [5.74, 6) is -0.744. The predicted molar refractivity (Wildman–Crippen MR) is 76.2 cm³/mol. The van der Waals surface area contributed by atoms with E-state index in [0.717, 1.165) is 32.2 Å². The highest BCUT2D eigenvalue weighted by molar-refractivity contribution is 5.73. The zero-order chi connectivity index (χ0) is 14.1. The van der Waals surface area contributed by atoms with Crippen LogP contribution in [0.2, 0.25) is 0 Å². The van der Waals surface area contributed by atoms with E-state index in [1.807, 2.05) is 12.3 Å². The number of pyridine rings is 1. The number of aromatic nitrogens is 1. The molecule has 0 spiro atoms. The topological polar surface area (TPSA) is 62.2 Å². The van der Waals surface area contributed by atoms with E-state index in [2.05, 4.69) is 24.1 Å². The lowest BCUT2D eigenvalue weighted by atomic mass is 10.1. The number of nitrogens with one attached hydrogen (secondary N) is 1. The first-order valence-corrected chi connectivity index (χ1v) is 7.00. The van der Waals surface area contributed by atoms with Crippen molar-refractivity contribution in [1.29, 1.82) is 0 Å². The maximum Gasteiger partial charge on any atom is 0.320 e. The highest BCUT2D eigenvalue weighted by Crippen LogP contribution is 2.07. The van der Waals surface area contributed by atoms with Gasteiger partial charge in [-0.2, -0.15) is 0 Å². The molecule has 1 heterocycles. The van der Waals surface area contributed by atoms with Crippen LogP contribution in [0.15, 0.2) is 18.5 Å². The second-order valence-corrected chi connectivity index (χ2v) is 4.89. The Morgan fingerprint density at radius 3 is 2.89 bits per heavy atom. The third-order valence-electron chi connectivity index (χ3n) is 3.31. The largest absolute Gasteiger partial charge is 0.480 e. The van der Waals surface area contributed by atoms with Gasteiger partial charge in [0.05, 0.1) is 0 Å². The van der Waals surface area contributed by atoms with Gasteiger partial charge in [-0.15, -0.1) is 0 Å². The molecular formula is C15H24N2O2. The number of nitrogens with zero attached hydrogens (tertiary/aromatic N) is 1. The fraction of sp³-hybridized carbons (Fsp3) is 0.600. The van der Waals surface area contributed by atoms with E-state index in [4.69, 9.17) is 5.11 Å². The Bertz CT molecular complexity index is 393. The monoisotopic (exact) mass is 264 g/mol. The number of aryl methyl sites for hydroxylation is 2. The number of carboxylic acids is 1. The lowest BCUT2D eigenvalue weighted by molar-refractivity contribution is -0.139. The first kappa shape index (κ1) is 15.6. The third kappa shape index (κ3) is 5.83. The van der Waals surface area contributed by atoms with Gasteiger partial charge in [-0.1, -0.05) is 19.8 Å². The van der Waals surface area contributed by atoms with Crippen LogP contribution in [-0.4, -0.2) is 28.6 Å². The van der Waals surface area contributed by atoms with Crippen molar-refractivity contribution in [2.45, 2.75) is 52.0 Å². The SMILES string of the molecule is CCCC[C@H](NCCCc1cnccc1C)C(=O)O. The van der Waals surface area contributed by atoms with Gasteiger partial charge < -0.3 is 10.4 Å². The van der Waals surface area contributed by atoms with Crippen molar-refractivity contribution in [3.05, 3.63) is 29.6 Å². The van der Waals surface area contributed by atoms with Gasteiger partial charge in [-0.05, 0) is 49.9 Å². The van der Waals surface area contributed by atoms with Gasteiger partial charge in [0.2, 0.25) is 0 Å². The van der Waals surface area contributed by atoms with E-state index < -0.39 is 12.0 Å². The Balaban J connectivity index is 2.29. The predicted octanol–water partition coefficient (Wildman–Crippen LogP) is 2.56. The molecule has 0 aliphatic rings. The van der Waals surface area contributed by atoms with E-state index >= 15 is 0 Å². The van der Waals surface area contributed by atoms with E-state index in [9.17, 15) is 4.79 Å². The quantitative estimate of drug-likeness (QED) is 0.673. The molecule has 1 aromatic rings. The Hall–Kier alpha value is -1.42. The maximum atomic E-state index is 11.1. The van der Waals surface area contributed by atoms with E-state index in [1.54, 1.807) is 6.20 Å². The molecule has 0 aliphatic heterocycles. The van der Waals surface area contributed by atoms with Gasteiger partial charge in [0.15, 0.2) is 0 Å². The summed E-state index contributed by atoms with van der Waals surface area (Å²) in [6, 6.07) is 1.60. The van der Waals surface area contributed by atoms with Gasteiger partial charge in [0.1, 0.15) is 6.04 Å². The highest BCUT2D eigenvalue weighted by Gasteiger charge is 2.15. The lowest BCUT2D eigenvalue weighted by Crippen LogP contribution is -2.37. The molecule has 0 fully saturated rings. The Labute approximate surface area is 115 Å². The number of aliphatic carboxylic acids is 1. The van der Waals surface area contributed by atoms with Crippen molar-refractivity contribution in [3.8, 4) is 0 Å². The average Bonchev–Trinajstić information content (AvgIpc) is 2.39. The van der Waals surface area contributed by atoms with Crippen molar-refractivity contribution < 1.29 is 9.90 Å². The van der Waals surface area contributed by atoms with Crippen LogP contribution in [0.1, 0.15) is 43.7 Å². The fourth-order valence-electron chi connectivity index (χ4n) is 2.03. The summed E-state index contributed by atoms with van der Waals surface area (Å²) in [7, 11) is 0. The molecule has 0 aromatic carbocycles. The van der Waals surface area contributed by atoms with Crippen molar-refractivity contribution in [2.75, 3.05) is 6.54 Å². The van der Waals surface area contributed by atoms with Crippen LogP contribution < -0.4 is 5.32 Å². The average molecular weight is 264 g/mol. The number of hydrogen-bond donors (Lipinski definition) is 2. The van der Waals surface area contributed by atoms with Gasteiger partial charge in [-0.3, -0.25) is 9.78 Å². The van der Waals surface area contributed by atoms with Crippen LogP contribution in [0.3, 0.4) is 0 Å². The molecule has 4 nitrogen and oxygen atoms in total. The molecule has 2 N–H and O–H groups in total. The van der Waals surface area contributed by atoms with Crippen LogP contribution in [0.4, 0.5) is 0 Å². The van der Waals surface area contributed by atoms with Gasteiger partial charge >= 0.3 is 5.97 Å². The second-order valence-electron chi connectivity index (χ2n) is 4.89. The summed E-state index contributed by atoms with van der Waals surface area (Å²) in [6.45, 7) is 4.88. The summed E-state index contributed by atoms with van der Waals surface area (Å²) >= 11 is 0. The summed E-state index contributed by atoms with van der Waals surface area (Å²) < 4.78 is 0. The Morgan fingerprint density at radius 1 is 1.47 bits per heavy atom. The van der Waals surface area contributed by atoms with Crippen molar-refractivity contribution >= 4 is 5.97 Å². The van der Waals surface area contributed by atoms with Crippen LogP contribution in [-0.2, 0) is 11.2 Å². The minimum absolute atomic E-state index is 0.407. The molecule has 0 unspecified atom stereocenters. The molecule has 0 saturated carbocycles. The molecule has 0 radical (unpaired) electrons. The Morgan fingerprint density at radius 2 is 2.26 bits per heavy atom. The summed E-state index contributed by atoms with van der Waals surface area (Å²) in [4.78, 5) is 15.2. The first-order valence-electron chi connectivity index (χ1n) is 7.00. The lowest BCUT2D eigenvalue weighted by Gasteiger charge is -2.14. The van der Waals surface area contributed by atoms with Gasteiger partial charge in [0, 0.05) is 12.4 Å². The minimum atomic E-state index is -0.744. The number of carboxylic acid groups (broad SMARTS) is 1. The van der Waals surface area contributed by atoms with E-state index in [1.165, 1.54) is 11.1 Å². The molecule has 1 atom stereocenters. The van der Waals surface area contributed by atoms with Crippen LogP contribution in [0.25, 0.3) is 0 Å². The van der Waals surface area contributed by atoms with E-state index in [-0.39, 0.29) is 0 Å². The standard InChI is InChI=1S/C15H24N2O2/c1-3-4-7-14(15(18)19)17-9-5-6-13-11-16-10-8-12(13)2/h8,10-11,14,17H,3-7,9H2,1-2H3,(H,18,19)/t14-/m0/s1. The molecule has 0 bridgehead atoms. The van der Waals surface area contributed by atoms with Crippen LogP contribution in [0.5, 0.6) is 0 Å². The van der Waals surface area contributed by atoms with Crippen molar-refractivity contribution in [1.82, 2.24) is 10.3 Å². The zero-order valence-corrected chi connectivity index (χ0v) is 11.9.